The molecule has 0 aliphatic heterocycles. The minimum absolute atomic E-state index is 0.123. The molecule has 0 aromatic rings. The average molecular weight is 349 g/mol. The summed E-state index contributed by atoms with van der Waals surface area (Å²) in [6.07, 6.45) is 7.63. The van der Waals surface area contributed by atoms with Gasteiger partial charge in [0.05, 0.1) is 6.10 Å². The fourth-order valence-electron chi connectivity index (χ4n) is 4.59. The molecule has 0 N–H and O–H groups in total. The van der Waals surface area contributed by atoms with Crippen LogP contribution >= 0.6 is 0 Å². The molecule has 4 heteroatoms. The molecule has 3 rings (SSSR count). The van der Waals surface area contributed by atoms with E-state index < -0.39 is 8.32 Å². The predicted molar refractivity (Wildman–Crippen MR) is 98.4 cm³/mol. The summed E-state index contributed by atoms with van der Waals surface area (Å²) in [6.45, 7) is 11.4. The summed E-state index contributed by atoms with van der Waals surface area (Å²) in [5.41, 5.74) is 1.02. The molecule has 2 saturated carbocycles. The minimum atomic E-state index is -1.92. The van der Waals surface area contributed by atoms with Crippen LogP contribution in [-0.2, 0) is 14.0 Å². The second-order valence-electron chi connectivity index (χ2n) is 9.64. The number of rotatable bonds is 2. The van der Waals surface area contributed by atoms with Crippen molar-refractivity contribution < 1.29 is 14.0 Å². The molecule has 0 saturated heterocycles. The van der Waals surface area contributed by atoms with Crippen molar-refractivity contribution in [2.24, 2.45) is 11.3 Å². The van der Waals surface area contributed by atoms with Crippen molar-refractivity contribution in [1.82, 2.24) is 0 Å². The lowest BCUT2D eigenvalue weighted by Gasteiger charge is -2.53. The van der Waals surface area contributed by atoms with Gasteiger partial charge in [0, 0.05) is 24.7 Å². The van der Waals surface area contributed by atoms with E-state index in [1.807, 2.05) is 6.08 Å². The first kappa shape index (κ1) is 18.1. The maximum Gasteiger partial charge on any atom is 0.192 e. The Hall–Kier alpha value is -0.743. The molecule has 3 nitrogen and oxygen atoms in total. The van der Waals surface area contributed by atoms with Crippen molar-refractivity contribution in [3.05, 3.63) is 11.6 Å². The van der Waals surface area contributed by atoms with E-state index in [9.17, 15) is 9.59 Å². The molecule has 1 spiro atoms. The highest BCUT2D eigenvalue weighted by Gasteiger charge is 2.55. The number of fused-ring (bicyclic) bond motifs is 1. The van der Waals surface area contributed by atoms with Crippen LogP contribution in [0.25, 0.3) is 0 Å². The van der Waals surface area contributed by atoms with Crippen molar-refractivity contribution in [3.8, 4) is 0 Å². The number of allylic oxidation sites excluding steroid dienone is 1. The second-order valence-corrected chi connectivity index (χ2v) is 14.4. The predicted octanol–water partition coefficient (Wildman–Crippen LogP) is 4.82. The average Bonchev–Trinajstić information content (AvgIpc) is 2.53. The highest BCUT2D eigenvalue weighted by atomic mass is 28.4. The molecule has 3 atom stereocenters. The van der Waals surface area contributed by atoms with E-state index in [1.54, 1.807) is 0 Å². The SMILES string of the molecule is CC(C)(C)[Si](C)(C)O[C@H]1[C@H]2CCC(=O)C[C@@]13CCC(=O)C=C3CC2. The molecule has 0 amide bonds. The molecule has 0 heterocycles. The van der Waals surface area contributed by atoms with Gasteiger partial charge in [-0.15, -0.1) is 0 Å². The third-order valence-corrected chi connectivity index (χ3v) is 11.5. The maximum absolute atomic E-state index is 12.5. The van der Waals surface area contributed by atoms with Crippen LogP contribution in [-0.4, -0.2) is 26.0 Å². The van der Waals surface area contributed by atoms with E-state index in [0.717, 1.165) is 25.7 Å². The molecular formula is C20H32O3Si. The van der Waals surface area contributed by atoms with Gasteiger partial charge in [0.15, 0.2) is 14.1 Å². The standard InChI is InChI=1S/C20H32O3Si/c1-19(2,3)24(4,5)23-18-14-6-8-15-12-16(21)10-11-20(15,18)13-17(22)9-7-14/h12,14,18H,6-11,13H2,1-5H3/t14-,18+,20-/m1/s1. The van der Waals surface area contributed by atoms with Crippen LogP contribution in [0.15, 0.2) is 11.6 Å². The summed E-state index contributed by atoms with van der Waals surface area (Å²) in [4.78, 5) is 24.5. The van der Waals surface area contributed by atoms with E-state index in [2.05, 4.69) is 33.9 Å². The Kier molecular flexibility index (Phi) is 4.45. The number of carbonyl (C=O) groups is 2. The van der Waals surface area contributed by atoms with Gasteiger partial charge in [0.2, 0.25) is 0 Å². The van der Waals surface area contributed by atoms with Gasteiger partial charge in [0.1, 0.15) is 5.78 Å². The first-order chi connectivity index (χ1) is 11.1. The highest BCUT2D eigenvalue weighted by Crippen LogP contribution is 2.57. The molecule has 3 aliphatic carbocycles. The lowest BCUT2D eigenvalue weighted by Crippen LogP contribution is -2.55. The Bertz CT molecular complexity index is 584. The van der Waals surface area contributed by atoms with Crippen LogP contribution in [0.4, 0.5) is 0 Å². The monoisotopic (exact) mass is 348 g/mol. The molecular weight excluding hydrogens is 316 g/mol. The number of Topliss-reactive ketones (excluding diaryl/α,β-unsaturated/α-hetero) is 1. The van der Waals surface area contributed by atoms with E-state index in [1.165, 1.54) is 5.57 Å². The van der Waals surface area contributed by atoms with Gasteiger partial charge in [-0.2, -0.15) is 0 Å². The van der Waals surface area contributed by atoms with Crippen molar-refractivity contribution in [1.29, 1.82) is 0 Å². The van der Waals surface area contributed by atoms with E-state index in [-0.39, 0.29) is 22.3 Å². The zero-order valence-electron chi connectivity index (χ0n) is 15.9. The number of hydrogen-bond acceptors (Lipinski definition) is 3. The Morgan fingerprint density at radius 2 is 1.79 bits per heavy atom. The second kappa shape index (κ2) is 5.91. The van der Waals surface area contributed by atoms with Crippen LogP contribution in [0.1, 0.15) is 65.7 Å². The van der Waals surface area contributed by atoms with Crippen molar-refractivity contribution in [2.45, 2.75) is 90.0 Å². The molecule has 3 aliphatic rings. The number of carbonyl (C=O) groups excluding carboxylic acids is 2. The summed E-state index contributed by atoms with van der Waals surface area (Å²) in [7, 11) is -1.92. The fraction of sp³-hybridized carbons (Fsp3) is 0.800. The van der Waals surface area contributed by atoms with Crippen LogP contribution in [0.3, 0.4) is 0 Å². The lowest BCUT2D eigenvalue weighted by atomic mass is 9.59. The molecule has 0 radical (unpaired) electrons. The lowest BCUT2D eigenvalue weighted by molar-refractivity contribution is -0.124. The minimum Gasteiger partial charge on any atom is -0.413 e. The topological polar surface area (TPSA) is 43.4 Å². The highest BCUT2D eigenvalue weighted by molar-refractivity contribution is 6.74. The molecule has 134 valence electrons. The Morgan fingerprint density at radius 3 is 2.46 bits per heavy atom. The van der Waals surface area contributed by atoms with Crippen LogP contribution < -0.4 is 0 Å². The van der Waals surface area contributed by atoms with Gasteiger partial charge in [-0.3, -0.25) is 9.59 Å². The molecule has 24 heavy (non-hydrogen) atoms. The summed E-state index contributed by atoms with van der Waals surface area (Å²) < 4.78 is 6.97. The molecule has 0 aromatic heterocycles. The quantitative estimate of drug-likeness (QED) is 0.672. The van der Waals surface area contributed by atoms with Crippen molar-refractivity contribution in [3.63, 3.8) is 0 Å². The largest absolute Gasteiger partial charge is 0.413 e. The van der Waals surface area contributed by atoms with Crippen LogP contribution in [0.5, 0.6) is 0 Å². The van der Waals surface area contributed by atoms with Crippen LogP contribution in [0.2, 0.25) is 18.1 Å². The third-order valence-electron chi connectivity index (χ3n) is 7.08. The zero-order valence-corrected chi connectivity index (χ0v) is 16.9. The van der Waals surface area contributed by atoms with Gasteiger partial charge >= 0.3 is 0 Å². The summed E-state index contributed by atoms with van der Waals surface area (Å²) in [5, 5.41) is 0.155. The van der Waals surface area contributed by atoms with E-state index >= 15 is 0 Å². The van der Waals surface area contributed by atoms with E-state index in [0.29, 0.717) is 31.0 Å². The first-order valence-corrected chi connectivity index (χ1v) is 12.4. The maximum atomic E-state index is 12.5. The summed E-state index contributed by atoms with van der Waals surface area (Å²) in [5.74, 6) is 1.07. The normalized spacial score (nSPS) is 34.5. The summed E-state index contributed by atoms with van der Waals surface area (Å²) in [6, 6.07) is 0. The summed E-state index contributed by atoms with van der Waals surface area (Å²) >= 11 is 0. The smallest absolute Gasteiger partial charge is 0.192 e. The van der Waals surface area contributed by atoms with Crippen molar-refractivity contribution >= 4 is 19.9 Å². The molecule has 2 bridgehead atoms. The number of ketones is 2. The third kappa shape index (κ3) is 2.96. The first-order valence-electron chi connectivity index (χ1n) is 9.49. The van der Waals surface area contributed by atoms with Crippen molar-refractivity contribution in [2.75, 3.05) is 0 Å². The fourth-order valence-corrected chi connectivity index (χ4v) is 6.00. The van der Waals surface area contributed by atoms with Gasteiger partial charge in [-0.1, -0.05) is 26.3 Å². The zero-order chi connectivity index (χ0) is 17.8. The molecule has 2 fully saturated rings. The number of hydrogen-bond donors (Lipinski definition) is 0. The Labute approximate surface area is 147 Å². The van der Waals surface area contributed by atoms with Gasteiger partial charge in [-0.05, 0) is 55.8 Å². The van der Waals surface area contributed by atoms with Gasteiger partial charge in [-0.25, -0.2) is 0 Å². The Morgan fingerprint density at radius 1 is 1.12 bits per heavy atom. The molecule has 0 aromatic carbocycles. The molecule has 0 unspecified atom stereocenters. The van der Waals surface area contributed by atoms with Gasteiger partial charge < -0.3 is 4.43 Å². The Balaban J connectivity index is 2.03. The van der Waals surface area contributed by atoms with Gasteiger partial charge in [0.25, 0.3) is 0 Å². The van der Waals surface area contributed by atoms with Crippen LogP contribution in [0, 0.1) is 11.3 Å². The van der Waals surface area contributed by atoms with E-state index in [4.69, 9.17) is 4.43 Å².